The number of benzene rings is 1. The van der Waals surface area contributed by atoms with E-state index in [2.05, 4.69) is 21.2 Å². The van der Waals surface area contributed by atoms with Gasteiger partial charge in [0.15, 0.2) is 0 Å². The minimum atomic E-state index is -3.47. The quantitative estimate of drug-likeness (QED) is 0.771. The first-order valence-electron chi connectivity index (χ1n) is 8.12. The van der Waals surface area contributed by atoms with E-state index in [1.165, 1.54) is 33.3 Å². The van der Waals surface area contributed by atoms with Crippen LogP contribution in [0.25, 0.3) is 0 Å². The Morgan fingerprint density at radius 1 is 1.08 bits per heavy atom. The molecule has 2 aromatic rings. The molecule has 26 heavy (non-hydrogen) atoms. The minimum Gasteiger partial charge on any atom is -0.325 e. The zero-order valence-electron chi connectivity index (χ0n) is 13.9. The van der Waals surface area contributed by atoms with Crippen molar-refractivity contribution in [2.45, 2.75) is 24.3 Å². The largest absolute Gasteiger partial charge is 0.325 e. The molecule has 0 radical (unpaired) electrons. The number of anilines is 1. The number of carbonyl (C=O) groups excluding carboxylic acids is 1. The highest BCUT2D eigenvalue weighted by Crippen LogP contribution is 2.22. The molecule has 0 aliphatic carbocycles. The van der Waals surface area contributed by atoms with E-state index in [4.69, 9.17) is 0 Å². The van der Waals surface area contributed by atoms with Gasteiger partial charge in [-0.15, -0.1) is 0 Å². The van der Waals surface area contributed by atoms with Crippen LogP contribution in [-0.4, -0.2) is 36.3 Å². The molecule has 3 rings (SSSR count). The third-order valence-corrected chi connectivity index (χ3v) is 6.48. The Balaban J connectivity index is 1.68. The van der Waals surface area contributed by atoms with Crippen molar-refractivity contribution in [2.24, 2.45) is 0 Å². The van der Waals surface area contributed by atoms with E-state index in [-0.39, 0.29) is 22.9 Å². The molecule has 2 heterocycles. The third-order valence-electron chi connectivity index (χ3n) is 4.10. The van der Waals surface area contributed by atoms with Gasteiger partial charge in [-0.1, -0.05) is 0 Å². The second kappa shape index (κ2) is 7.73. The second-order valence-corrected chi connectivity index (χ2v) is 8.85. The van der Waals surface area contributed by atoms with Gasteiger partial charge in [-0.3, -0.25) is 9.59 Å². The van der Waals surface area contributed by atoms with Crippen LogP contribution in [0.3, 0.4) is 0 Å². The van der Waals surface area contributed by atoms with Crippen LogP contribution in [0.4, 0.5) is 5.69 Å². The summed E-state index contributed by atoms with van der Waals surface area (Å²) in [5.41, 5.74) is 0.189. The fraction of sp³-hybridized carbons (Fsp3) is 0.294. The maximum atomic E-state index is 12.5. The van der Waals surface area contributed by atoms with Gasteiger partial charge in [0.05, 0.1) is 4.90 Å². The number of hydrogen-bond donors (Lipinski definition) is 1. The van der Waals surface area contributed by atoms with E-state index in [1.807, 2.05) is 0 Å². The Morgan fingerprint density at radius 3 is 2.38 bits per heavy atom. The molecule has 1 saturated heterocycles. The van der Waals surface area contributed by atoms with Crippen molar-refractivity contribution in [1.82, 2.24) is 8.87 Å². The molecule has 1 fully saturated rings. The zero-order valence-corrected chi connectivity index (χ0v) is 16.3. The number of pyridine rings is 1. The molecule has 9 heteroatoms. The van der Waals surface area contributed by atoms with Gasteiger partial charge in [0.2, 0.25) is 15.9 Å². The molecule has 1 amide bonds. The Bertz CT molecular complexity index is 964. The Morgan fingerprint density at radius 2 is 1.73 bits per heavy atom. The lowest BCUT2D eigenvalue weighted by Gasteiger charge is -2.15. The molecule has 1 N–H and O–H groups in total. The molecule has 1 aliphatic heterocycles. The maximum absolute atomic E-state index is 12.5. The van der Waals surface area contributed by atoms with Gasteiger partial charge in [0.1, 0.15) is 6.54 Å². The Hall–Kier alpha value is -1.97. The standard InChI is InChI=1S/C17H18BrN3O4S/c18-13-3-8-17(23)20(11-13)12-16(22)19-14-4-6-15(7-5-14)26(24,25)21-9-1-2-10-21/h3-8,11H,1-2,9-10,12H2,(H,19,22). The van der Waals surface area contributed by atoms with Gasteiger partial charge >= 0.3 is 0 Å². The summed E-state index contributed by atoms with van der Waals surface area (Å²) in [6.45, 7) is 0.955. The number of halogens is 1. The first kappa shape index (κ1) is 18.8. The van der Waals surface area contributed by atoms with E-state index in [0.29, 0.717) is 23.2 Å². The topological polar surface area (TPSA) is 88.5 Å². The third kappa shape index (κ3) is 4.22. The van der Waals surface area contributed by atoms with Crippen LogP contribution in [-0.2, 0) is 21.4 Å². The summed E-state index contributed by atoms with van der Waals surface area (Å²) in [6.07, 6.45) is 3.29. The van der Waals surface area contributed by atoms with Gasteiger partial charge in [-0.2, -0.15) is 4.31 Å². The van der Waals surface area contributed by atoms with Gasteiger partial charge in [0.25, 0.3) is 5.56 Å². The summed E-state index contributed by atoms with van der Waals surface area (Å²) in [5, 5.41) is 2.66. The lowest BCUT2D eigenvalue weighted by atomic mass is 10.3. The number of nitrogens with zero attached hydrogens (tertiary/aromatic N) is 2. The van der Waals surface area contributed by atoms with Gasteiger partial charge < -0.3 is 9.88 Å². The highest BCUT2D eigenvalue weighted by molar-refractivity contribution is 9.10. The second-order valence-electron chi connectivity index (χ2n) is 6.00. The SMILES string of the molecule is O=C(Cn1cc(Br)ccc1=O)Nc1ccc(S(=O)(=O)N2CCCC2)cc1. The number of hydrogen-bond acceptors (Lipinski definition) is 4. The maximum Gasteiger partial charge on any atom is 0.251 e. The molecule has 0 bridgehead atoms. The van der Waals surface area contributed by atoms with E-state index in [9.17, 15) is 18.0 Å². The smallest absolute Gasteiger partial charge is 0.251 e. The van der Waals surface area contributed by atoms with E-state index < -0.39 is 10.0 Å². The molecule has 0 saturated carbocycles. The molecule has 0 spiro atoms. The van der Waals surface area contributed by atoms with Crippen LogP contribution in [0.5, 0.6) is 0 Å². The molecule has 1 aliphatic rings. The first-order valence-corrected chi connectivity index (χ1v) is 10.4. The molecular weight excluding hydrogens is 422 g/mol. The number of sulfonamides is 1. The van der Waals surface area contributed by atoms with Crippen molar-refractivity contribution in [1.29, 1.82) is 0 Å². The molecular formula is C17H18BrN3O4S. The van der Waals surface area contributed by atoms with Crippen molar-refractivity contribution in [3.8, 4) is 0 Å². The number of aromatic nitrogens is 1. The van der Waals surface area contributed by atoms with Crippen LogP contribution >= 0.6 is 15.9 Å². The van der Waals surface area contributed by atoms with Crippen molar-refractivity contribution in [2.75, 3.05) is 18.4 Å². The molecule has 0 unspecified atom stereocenters. The summed E-state index contributed by atoms with van der Waals surface area (Å²) in [6, 6.07) is 9.03. The lowest BCUT2D eigenvalue weighted by molar-refractivity contribution is -0.116. The van der Waals surface area contributed by atoms with Crippen molar-refractivity contribution < 1.29 is 13.2 Å². The highest BCUT2D eigenvalue weighted by Gasteiger charge is 2.26. The van der Waals surface area contributed by atoms with Crippen molar-refractivity contribution in [3.05, 3.63) is 57.4 Å². The average molecular weight is 440 g/mol. The summed E-state index contributed by atoms with van der Waals surface area (Å²) in [7, 11) is -3.47. The number of nitrogens with one attached hydrogen (secondary N) is 1. The summed E-state index contributed by atoms with van der Waals surface area (Å²) in [5.74, 6) is -0.375. The normalized spacial score (nSPS) is 15.1. The van der Waals surface area contributed by atoms with Crippen molar-refractivity contribution >= 4 is 37.5 Å². The molecule has 7 nitrogen and oxygen atoms in total. The van der Waals surface area contributed by atoms with E-state index in [0.717, 1.165) is 12.8 Å². The minimum absolute atomic E-state index is 0.133. The number of amides is 1. The lowest BCUT2D eigenvalue weighted by Crippen LogP contribution is -2.28. The van der Waals surface area contributed by atoms with Crippen molar-refractivity contribution in [3.63, 3.8) is 0 Å². The van der Waals surface area contributed by atoms with Gasteiger partial charge in [0, 0.05) is 35.5 Å². The average Bonchev–Trinajstić information content (AvgIpc) is 3.14. The Kier molecular flexibility index (Phi) is 5.59. The summed E-state index contributed by atoms with van der Waals surface area (Å²) < 4.78 is 28.4. The number of rotatable bonds is 5. The summed E-state index contributed by atoms with van der Waals surface area (Å²) >= 11 is 3.26. The number of carbonyl (C=O) groups is 1. The van der Waals surface area contributed by atoms with Gasteiger partial charge in [-0.05, 0) is 59.1 Å². The molecule has 0 atom stereocenters. The van der Waals surface area contributed by atoms with Crippen LogP contribution in [0.15, 0.2) is 56.8 Å². The predicted octanol–water partition coefficient (Wildman–Crippen LogP) is 2.03. The fourth-order valence-corrected chi connectivity index (χ4v) is 4.67. The van der Waals surface area contributed by atoms with E-state index >= 15 is 0 Å². The highest BCUT2D eigenvalue weighted by atomic mass is 79.9. The van der Waals surface area contributed by atoms with Crippen LogP contribution in [0, 0.1) is 0 Å². The fourth-order valence-electron chi connectivity index (χ4n) is 2.77. The monoisotopic (exact) mass is 439 g/mol. The first-order chi connectivity index (χ1) is 12.4. The Labute approximate surface area is 159 Å². The van der Waals surface area contributed by atoms with Crippen LogP contribution in [0.2, 0.25) is 0 Å². The zero-order chi connectivity index (χ0) is 18.7. The molecule has 1 aromatic carbocycles. The molecule has 1 aromatic heterocycles. The predicted molar refractivity (Wildman–Crippen MR) is 101 cm³/mol. The van der Waals surface area contributed by atoms with Crippen LogP contribution < -0.4 is 10.9 Å². The van der Waals surface area contributed by atoms with Crippen LogP contribution in [0.1, 0.15) is 12.8 Å². The summed E-state index contributed by atoms with van der Waals surface area (Å²) in [4.78, 5) is 24.1. The molecule has 138 valence electrons. The van der Waals surface area contributed by atoms with Gasteiger partial charge in [-0.25, -0.2) is 8.42 Å². The van der Waals surface area contributed by atoms with E-state index in [1.54, 1.807) is 18.2 Å².